The molecule has 0 spiro atoms. The van der Waals surface area contributed by atoms with Gasteiger partial charge in [-0.25, -0.2) is 9.59 Å². The third kappa shape index (κ3) is 1.92. The molecule has 68 valence electrons. The number of aliphatic carboxylic acids is 2. The molecule has 0 aromatic rings. The van der Waals surface area contributed by atoms with Crippen LogP contribution in [0.15, 0.2) is 0 Å². The zero-order valence-electron chi connectivity index (χ0n) is 5.76. The van der Waals surface area contributed by atoms with Crippen molar-refractivity contribution < 1.29 is 34.4 Å². The van der Waals surface area contributed by atoms with Crippen LogP contribution in [0.1, 0.15) is 0 Å². The Bertz CT molecular complexity index is 194. The van der Waals surface area contributed by atoms with Gasteiger partial charge in [-0.3, -0.25) is 4.79 Å². The standard InChI is InChI=1S/C5H6O7/c6-2-12-1-5(11,3(7)8)4(9)10/h2,11H,1H2,(H,7,8)(H,9,10). The number of ether oxygens (including phenoxy) is 1. The Morgan fingerprint density at radius 2 is 1.75 bits per heavy atom. The number of carboxylic acids is 2. The lowest BCUT2D eigenvalue weighted by Crippen LogP contribution is -2.50. The third-order valence-corrected chi connectivity index (χ3v) is 1.07. The Balaban J connectivity index is 4.50. The van der Waals surface area contributed by atoms with Crippen LogP contribution in [-0.4, -0.2) is 45.9 Å². The largest absolute Gasteiger partial charge is 0.479 e. The van der Waals surface area contributed by atoms with Crippen molar-refractivity contribution >= 4 is 18.4 Å². The van der Waals surface area contributed by atoms with Crippen LogP contribution in [0.25, 0.3) is 0 Å². The number of carboxylic acid groups (broad SMARTS) is 2. The zero-order valence-corrected chi connectivity index (χ0v) is 5.76. The topological polar surface area (TPSA) is 121 Å². The van der Waals surface area contributed by atoms with E-state index in [0.29, 0.717) is 0 Å². The van der Waals surface area contributed by atoms with Gasteiger partial charge in [-0.2, -0.15) is 0 Å². The second-order valence-corrected chi connectivity index (χ2v) is 1.88. The fourth-order valence-corrected chi connectivity index (χ4v) is 0.370. The number of carbonyl (C=O) groups excluding carboxylic acids is 1. The summed E-state index contributed by atoms with van der Waals surface area (Å²) in [4.78, 5) is 29.9. The second kappa shape index (κ2) is 3.67. The van der Waals surface area contributed by atoms with Gasteiger partial charge in [-0.1, -0.05) is 0 Å². The van der Waals surface area contributed by atoms with Crippen molar-refractivity contribution in [3.63, 3.8) is 0 Å². The van der Waals surface area contributed by atoms with Crippen LogP contribution in [-0.2, 0) is 19.1 Å². The average Bonchev–Trinajstić information content (AvgIpc) is 1.99. The smallest absolute Gasteiger partial charge is 0.351 e. The first kappa shape index (κ1) is 10.4. The molecule has 0 saturated carbocycles. The van der Waals surface area contributed by atoms with Crippen molar-refractivity contribution in [2.75, 3.05) is 6.61 Å². The summed E-state index contributed by atoms with van der Waals surface area (Å²) in [5.41, 5.74) is -3.07. The van der Waals surface area contributed by atoms with Crippen molar-refractivity contribution in [3.8, 4) is 0 Å². The van der Waals surface area contributed by atoms with Gasteiger partial charge in [-0.05, 0) is 0 Å². The fraction of sp³-hybridized carbons (Fsp3) is 0.400. The monoisotopic (exact) mass is 178 g/mol. The van der Waals surface area contributed by atoms with Crippen molar-refractivity contribution in [1.82, 2.24) is 0 Å². The Kier molecular flexibility index (Phi) is 3.17. The van der Waals surface area contributed by atoms with Gasteiger partial charge < -0.3 is 20.1 Å². The van der Waals surface area contributed by atoms with Crippen LogP contribution in [0.3, 0.4) is 0 Å². The van der Waals surface area contributed by atoms with E-state index < -0.39 is 24.1 Å². The highest BCUT2D eigenvalue weighted by Gasteiger charge is 2.45. The molecule has 0 rings (SSSR count). The highest BCUT2D eigenvalue weighted by atomic mass is 16.5. The average molecular weight is 178 g/mol. The van der Waals surface area contributed by atoms with Crippen LogP contribution in [0.5, 0.6) is 0 Å². The van der Waals surface area contributed by atoms with E-state index in [1.807, 2.05) is 0 Å². The van der Waals surface area contributed by atoms with Gasteiger partial charge in [0.15, 0.2) is 0 Å². The van der Waals surface area contributed by atoms with Crippen molar-refractivity contribution in [1.29, 1.82) is 0 Å². The van der Waals surface area contributed by atoms with E-state index in [9.17, 15) is 14.4 Å². The molecule has 0 bridgehead atoms. The quantitative estimate of drug-likeness (QED) is 0.330. The summed E-state index contributed by atoms with van der Waals surface area (Å²) in [6, 6.07) is 0. The molecule has 0 aliphatic rings. The zero-order chi connectivity index (χ0) is 9.78. The van der Waals surface area contributed by atoms with Crippen LogP contribution >= 0.6 is 0 Å². The summed E-state index contributed by atoms with van der Waals surface area (Å²) in [6.45, 7) is -1.28. The Hall–Kier alpha value is -1.63. The van der Waals surface area contributed by atoms with E-state index in [-0.39, 0.29) is 6.47 Å². The van der Waals surface area contributed by atoms with Gasteiger partial charge in [0.25, 0.3) is 12.1 Å². The van der Waals surface area contributed by atoms with Gasteiger partial charge in [-0.15, -0.1) is 0 Å². The number of carbonyl (C=O) groups is 3. The SMILES string of the molecule is O=COCC(O)(C(=O)O)C(=O)O. The van der Waals surface area contributed by atoms with Crippen LogP contribution < -0.4 is 0 Å². The third-order valence-electron chi connectivity index (χ3n) is 1.07. The lowest BCUT2D eigenvalue weighted by atomic mass is 10.1. The number of hydrogen-bond acceptors (Lipinski definition) is 5. The molecule has 0 aliphatic carbocycles. The predicted octanol–water partition coefficient (Wildman–Crippen LogP) is -1.94. The summed E-state index contributed by atoms with van der Waals surface area (Å²) in [5.74, 6) is -3.98. The summed E-state index contributed by atoms with van der Waals surface area (Å²) in [5, 5.41) is 25.2. The highest BCUT2D eigenvalue weighted by molar-refractivity contribution is 6.01. The molecule has 0 aliphatic heterocycles. The van der Waals surface area contributed by atoms with Gasteiger partial charge in [0.1, 0.15) is 6.61 Å². The van der Waals surface area contributed by atoms with E-state index in [1.165, 1.54) is 0 Å². The molecule has 0 heterocycles. The van der Waals surface area contributed by atoms with Crippen molar-refractivity contribution in [3.05, 3.63) is 0 Å². The summed E-state index contributed by atoms with van der Waals surface area (Å²) >= 11 is 0. The first-order valence-electron chi connectivity index (χ1n) is 2.69. The first-order valence-corrected chi connectivity index (χ1v) is 2.69. The normalized spacial score (nSPS) is 10.4. The summed E-state index contributed by atoms with van der Waals surface area (Å²) in [7, 11) is 0. The maximum atomic E-state index is 10.1. The summed E-state index contributed by atoms with van der Waals surface area (Å²) in [6.07, 6.45) is 0. The Morgan fingerprint density at radius 1 is 1.33 bits per heavy atom. The van der Waals surface area contributed by atoms with Crippen LogP contribution in [0.2, 0.25) is 0 Å². The minimum atomic E-state index is -3.07. The fourth-order valence-electron chi connectivity index (χ4n) is 0.370. The molecule has 7 heteroatoms. The molecular formula is C5H6O7. The summed E-state index contributed by atoms with van der Waals surface area (Å²) < 4.78 is 3.83. The lowest BCUT2D eigenvalue weighted by Gasteiger charge is -2.15. The lowest BCUT2D eigenvalue weighted by molar-refractivity contribution is -0.182. The predicted molar refractivity (Wildman–Crippen MR) is 32.2 cm³/mol. The molecule has 0 aromatic carbocycles. The van der Waals surface area contributed by atoms with E-state index in [0.717, 1.165) is 0 Å². The molecule has 0 radical (unpaired) electrons. The molecule has 7 nitrogen and oxygen atoms in total. The molecule has 0 fully saturated rings. The van der Waals surface area contributed by atoms with E-state index in [1.54, 1.807) is 0 Å². The molecule has 0 aromatic heterocycles. The van der Waals surface area contributed by atoms with E-state index >= 15 is 0 Å². The van der Waals surface area contributed by atoms with Crippen LogP contribution in [0.4, 0.5) is 0 Å². The molecule has 0 saturated heterocycles. The molecular weight excluding hydrogens is 172 g/mol. The molecule has 0 unspecified atom stereocenters. The van der Waals surface area contributed by atoms with Gasteiger partial charge in [0.05, 0.1) is 0 Å². The van der Waals surface area contributed by atoms with Gasteiger partial charge in [0, 0.05) is 0 Å². The van der Waals surface area contributed by atoms with Gasteiger partial charge in [0.2, 0.25) is 0 Å². The maximum Gasteiger partial charge on any atom is 0.351 e. The van der Waals surface area contributed by atoms with E-state index in [4.69, 9.17) is 15.3 Å². The van der Waals surface area contributed by atoms with E-state index in [2.05, 4.69) is 4.74 Å². The maximum absolute atomic E-state index is 10.1. The molecule has 0 atom stereocenters. The van der Waals surface area contributed by atoms with Crippen LogP contribution in [0, 0.1) is 0 Å². The number of rotatable bonds is 5. The second-order valence-electron chi connectivity index (χ2n) is 1.88. The number of aliphatic hydroxyl groups is 1. The Morgan fingerprint density at radius 3 is 2.00 bits per heavy atom. The minimum Gasteiger partial charge on any atom is -0.479 e. The molecule has 12 heavy (non-hydrogen) atoms. The minimum absolute atomic E-state index is 0.156. The highest BCUT2D eigenvalue weighted by Crippen LogP contribution is 2.05. The van der Waals surface area contributed by atoms with Gasteiger partial charge >= 0.3 is 11.9 Å². The van der Waals surface area contributed by atoms with Crippen molar-refractivity contribution in [2.45, 2.75) is 5.60 Å². The van der Waals surface area contributed by atoms with Crippen molar-refractivity contribution in [2.24, 2.45) is 0 Å². The number of hydrogen-bond donors (Lipinski definition) is 3. The molecule has 0 amide bonds. The Labute approximate surface area is 66.2 Å². The molecule has 3 N–H and O–H groups in total. The first-order chi connectivity index (χ1) is 5.45.